The summed E-state index contributed by atoms with van der Waals surface area (Å²) in [4.78, 5) is 0. The van der Waals surface area contributed by atoms with Crippen LogP contribution in [0.5, 0.6) is 0 Å². The zero-order valence-electron chi connectivity index (χ0n) is 11.4. The van der Waals surface area contributed by atoms with Gasteiger partial charge in [0.05, 0.1) is 0 Å². The van der Waals surface area contributed by atoms with Gasteiger partial charge < -0.3 is 5.32 Å². The van der Waals surface area contributed by atoms with Crippen LogP contribution >= 0.6 is 11.6 Å². The van der Waals surface area contributed by atoms with Crippen molar-refractivity contribution >= 4 is 11.6 Å². The molecule has 0 aromatic heterocycles. The number of halogens is 2. The fourth-order valence-corrected chi connectivity index (χ4v) is 2.52. The summed E-state index contributed by atoms with van der Waals surface area (Å²) in [6, 6.07) is 11.7. The molecule has 1 N–H and O–H groups in total. The molecule has 20 heavy (non-hydrogen) atoms. The Labute approximate surface area is 123 Å². The molecule has 0 spiro atoms. The quantitative estimate of drug-likeness (QED) is 0.860. The molecule has 0 bridgehead atoms. The maximum atomic E-state index is 13.7. The second-order valence-corrected chi connectivity index (χ2v) is 5.78. The van der Waals surface area contributed by atoms with E-state index in [0.29, 0.717) is 11.6 Å². The summed E-state index contributed by atoms with van der Waals surface area (Å²) in [6.07, 6.45) is 2.50. The minimum absolute atomic E-state index is 0.171. The third-order valence-electron chi connectivity index (χ3n) is 3.78. The highest BCUT2D eigenvalue weighted by atomic mass is 35.5. The van der Waals surface area contributed by atoms with E-state index < -0.39 is 0 Å². The number of hydrogen-bond donors (Lipinski definition) is 1. The minimum atomic E-state index is -0.171. The van der Waals surface area contributed by atoms with E-state index in [-0.39, 0.29) is 5.82 Å². The molecule has 1 nitrogen and oxygen atoms in total. The van der Waals surface area contributed by atoms with E-state index in [9.17, 15) is 4.39 Å². The number of rotatable bonds is 4. The Morgan fingerprint density at radius 1 is 1.25 bits per heavy atom. The Morgan fingerprint density at radius 3 is 2.80 bits per heavy atom. The molecule has 1 fully saturated rings. The Hall–Kier alpha value is -1.38. The number of nitrogens with one attached hydrogen (secondary N) is 1. The second kappa shape index (κ2) is 5.55. The van der Waals surface area contributed by atoms with E-state index in [1.165, 1.54) is 18.9 Å². The average molecular weight is 290 g/mol. The predicted octanol–water partition coefficient (Wildman–Crippen LogP) is 4.71. The normalized spacial score (nSPS) is 14.6. The van der Waals surface area contributed by atoms with Crippen molar-refractivity contribution in [1.29, 1.82) is 0 Å². The lowest BCUT2D eigenvalue weighted by Gasteiger charge is -2.11. The molecule has 0 atom stereocenters. The smallest absolute Gasteiger partial charge is 0.126 e. The Bertz CT molecular complexity index is 635. The van der Waals surface area contributed by atoms with Crippen LogP contribution in [0.15, 0.2) is 36.4 Å². The topological polar surface area (TPSA) is 12.0 Å². The van der Waals surface area contributed by atoms with E-state index in [1.807, 2.05) is 18.2 Å². The van der Waals surface area contributed by atoms with Crippen molar-refractivity contribution in [2.45, 2.75) is 32.4 Å². The van der Waals surface area contributed by atoms with E-state index in [0.717, 1.165) is 28.3 Å². The van der Waals surface area contributed by atoms with Gasteiger partial charge in [-0.25, -0.2) is 4.39 Å². The van der Waals surface area contributed by atoms with Crippen molar-refractivity contribution in [2.24, 2.45) is 0 Å². The third-order valence-corrected chi connectivity index (χ3v) is 4.15. The lowest BCUT2D eigenvalue weighted by molar-refractivity contribution is 0.619. The summed E-state index contributed by atoms with van der Waals surface area (Å²) < 4.78 is 13.7. The molecule has 3 heteroatoms. The highest BCUT2D eigenvalue weighted by Crippen LogP contribution is 2.29. The Kier molecular flexibility index (Phi) is 3.77. The summed E-state index contributed by atoms with van der Waals surface area (Å²) >= 11 is 6.24. The SMILES string of the molecule is Cc1c(F)cccc1-c1ccc(Cl)c(CNC2CC2)c1. The van der Waals surface area contributed by atoms with Crippen molar-refractivity contribution in [3.63, 3.8) is 0 Å². The van der Waals surface area contributed by atoms with Crippen LogP contribution in [0.3, 0.4) is 0 Å². The summed E-state index contributed by atoms with van der Waals surface area (Å²) in [5.74, 6) is -0.171. The van der Waals surface area contributed by atoms with Crippen LogP contribution in [0.2, 0.25) is 5.02 Å². The molecule has 3 rings (SSSR count). The van der Waals surface area contributed by atoms with Gasteiger partial charge in [-0.05, 0) is 60.2 Å². The molecule has 1 aliphatic carbocycles. The Balaban J connectivity index is 1.92. The number of benzene rings is 2. The highest BCUT2D eigenvalue weighted by Gasteiger charge is 2.20. The number of hydrogen-bond acceptors (Lipinski definition) is 1. The third kappa shape index (κ3) is 2.87. The molecular formula is C17H17ClFN. The van der Waals surface area contributed by atoms with E-state index in [2.05, 4.69) is 11.4 Å². The van der Waals surface area contributed by atoms with Gasteiger partial charge in [-0.2, -0.15) is 0 Å². The van der Waals surface area contributed by atoms with Crippen LogP contribution in [0.1, 0.15) is 24.0 Å². The minimum Gasteiger partial charge on any atom is -0.310 e. The van der Waals surface area contributed by atoms with Crippen LogP contribution in [0, 0.1) is 12.7 Å². The predicted molar refractivity (Wildman–Crippen MR) is 81.4 cm³/mol. The van der Waals surface area contributed by atoms with E-state index in [4.69, 9.17) is 11.6 Å². The molecule has 1 saturated carbocycles. The first-order chi connectivity index (χ1) is 9.65. The average Bonchev–Trinajstić information content (AvgIpc) is 3.25. The van der Waals surface area contributed by atoms with Gasteiger partial charge in [-0.1, -0.05) is 29.8 Å². The highest BCUT2D eigenvalue weighted by molar-refractivity contribution is 6.31. The van der Waals surface area contributed by atoms with Crippen molar-refractivity contribution in [2.75, 3.05) is 0 Å². The lowest BCUT2D eigenvalue weighted by Crippen LogP contribution is -2.15. The molecule has 0 radical (unpaired) electrons. The molecule has 0 amide bonds. The zero-order valence-corrected chi connectivity index (χ0v) is 12.2. The van der Waals surface area contributed by atoms with Crippen LogP contribution in [-0.2, 0) is 6.54 Å². The van der Waals surface area contributed by atoms with Crippen LogP contribution in [0.4, 0.5) is 4.39 Å². The maximum Gasteiger partial charge on any atom is 0.126 e. The molecule has 0 unspecified atom stereocenters. The maximum absolute atomic E-state index is 13.7. The summed E-state index contributed by atoms with van der Waals surface area (Å²) in [6.45, 7) is 2.58. The van der Waals surface area contributed by atoms with Gasteiger partial charge in [-0.3, -0.25) is 0 Å². The van der Waals surface area contributed by atoms with Crippen LogP contribution < -0.4 is 5.32 Å². The standard InChI is InChI=1S/C17H17ClFN/c1-11-15(3-2-4-17(11)19)12-5-8-16(18)13(9-12)10-20-14-6-7-14/h2-5,8-9,14,20H,6-7,10H2,1H3. The van der Waals surface area contributed by atoms with Gasteiger partial charge in [0.1, 0.15) is 5.82 Å². The zero-order chi connectivity index (χ0) is 14.1. The van der Waals surface area contributed by atoms with Gasteiger partial charge in [-0.15, -0.1) is 0 Å². The van der Waals surface area contributed by atoms with Crippen molar-refractivity contribution in [3.05, 3.63) is 58.4 Å². The molecule has 1 aliphatic rings. The monoisotopic (exact) mass is 289 g/mol. The fraction of sp³-hybridized carbons (Fsp3) is 0.294. The molecule has 104 valence electrons. The van der Waals surface area contributed by atoms with Crippen LogP contribution in [0.25, 0.3) is 11.1 Å². The van der Waals surface area contributed by atoms with Crippen molar-refractivity contribution in [1.82, 2.24) is 5.32 Å². The van der Waals surface area contributed by atoms with Gasteiger partial charge in [0.2, 0.25) is 0 Å². The first-order valence-corrected chi connectivity index (χ1v) is 7.30. The first-order valence-electron chi connectivity index (χ1n) is 6.92. The van der Waals surface area contributed by atoms with Crippen molar-refractivity contribution < 1.29 is 4.39 Å². The Morgan fingerprint density at radius 2 is 2.05 bits per heavy atom. The molecule has 0 aliphatic heterocycles. The van der Waals surface area contributed by atoms with E-state index >= 15 is 0 Å². The molecule has 0 heterocycles. The summed E-state index contributed by atoms with van der Waals surface area (Å²) in [5, 5.41) is 4.22. The van der Waals surface area contributed by atoms with Crippen molar-refractivity contribution in [3.8, 4) is 11.1 Å². The largest absolute Gasteiger partial charge is 0.310 e. The molecule has 0 saturated heterocycles. The first kappa shape index (κ1) is 13.6. The van der Waals surface area contributed by atoms with Gasteiger partial charge in [0.15, 0.2) is 0 Å². The van der Waals surface area contributed by atoms with Gasteiger partial charge in [0.25, 0.3) is 0 Å². The summed E-state index contributed by atoms with van der Waals surface area (Å²) in [5.41, 5.74) is 3.68. The van der Waals surface area contributed by atoms with E-state index in [1.54, 1.807) is 13.0 Å². The van der Waals surface area contributed by atoms with Gasteiger partial charge in [0, 0.05) is 17.6 Å². The summed E-state index contributed by atoms with van der Waals surface area (Å²) in [7, 11) is 0. The fourth-order valence-electron chi connectivity index (χ4n) is 2.34. The lowest BCUT2D eigenvalue weighted by atomic mass is 9.98. The second-order valence-electron chi connectivity index (χ2n) is 5.37. The molecule has 2 aromatic rings. The van der Waals surface area contributed by atoms with Crippen LogP contribution in [-0.4, -0.2) is 6.04 Å². The van der Waals surface area contributed by atoms with Gasteiger partial charge >= 0.3 is 0 Å². The molecule has 2 aromatic carbocycles. The molecular weight excluding hydrogens is 273 g/mol.